The van der Waals surface area contributed by atoms with Crippen LogP contribution in [0.4, 0.5) is 0 Å². The average Bonchev–Trinajstić information content (AvgIpc) is 1.86. The normalized spacial score (nSPS) is 13.2. The zero-order valence-corrected chi connectivity index (χ0v) is 7.81. The first-order valence-electron chi connectivity index (χ1n) is 3.85. The molecule has 0 aliphatic carbocycles. The summed E-state index contributed by atoms with van der Waals surface area (Å²) < 4.78 is 0. The van der Waals surface area contributed by atoms with E-state index in [1.165, 1.54) is 0 Å². The summed E-state index contributed by atoms with van der Waals surface area (Å²) in [4.78, 5) is 2.28. The SMILES string of the molecule is CC(C)N(C)C(C)(C)CN. The van der Waals surface area contributed by atoms with E-state index < -0.39 is 0 Å². The smallest absolute Gasteiger partial charge is 0.0275 e. The molecule has 10 heavy (non-hydrogen) atoms. The van der Waals surface area contributed by atoms with E-state index in [0.717, 1.165) is 0 Å². The Kier molecular flexibility index (Phi) is 3.33. The van der Waals surface area contributed by atoms with Crippen LogP contribution in [0.25, 0.3) is 0 Å². The third kappa shape index (κ3) is 2.27. The summed E-state index contributed by atoms with van der Waals surface area (Å²) in [5.41, 5.74) is 5.74. The molecule has 0 saturated heterocycles. The Bertz CT molecular complexity index is 97.4. The van der Waals surface area contributed by atoms with Crippen LogP contribution in [0.1, 0.15) is 27.7 Å². The first kappa shape index (κ1) is 9.92. The maximum atomic E-state index is 5.60. The van der Waals surface area contributed by atoms with Gasteiger partial charge in [-0.25, -0.2) is 0 Å². The van der Waals surface area contributed by atoms with Crippen LogP contribution >= 0.6 is 0 Å². The molecule has 0 amide bonds. The Labute approximate surface area is 64.4 Å². The van der Waals surface area contributed by atoms with Crippen molar-refractivity contribution in [3.8, 4) is 0 Å². The van der Waals surface area contributed by atoms with Crippen molar-refractivity contribution in [2.75, 3.05) is 13.6 Å². The third-order valence-corrected chi connectivity index (χ3v) is 2.23. The zero-order chi connectivity index (χ0) is 8.36. The monoisotopic (exact) mass is 144 g/mol. The molecule has 0 saturated carbocycles. The molecule has 0 aromatic carbocycles. The van der Waals surface area contributed by atoms with E-state index >= 15 is 0 Å². The molecule has 0 rings (SSSR count). The maximum absolute atomic E-state index is 5.60. The Morgan fingerprint density at radius 1 is 1.40 bits per heavy atom. The predicted molar refractivity (Wildman–Crippen MR) is 46.0 cm³/mol. The number of rotatable bonds is 3. The zero-order valence-electron chi connectivity index (χ0n) is 7.81. The highest BCUT2D eigenvalue weighted by Gasteiger charge is 2.22. The van der Waals surface area contributed by atoms with E-state index in [0.29, 0.717) is 12.6 Å². The van der Waals surface area contributed by atoms with E-state index in [-0.39, 0.29) is 5.54 Å². The number of nitrogens with zero attached hydrogens (tertiary/aromatic N) is 1. The highest BCUT2D eigenvalue weighted by Crippen LogP contribution is 2.12. The van der Waals surface area contributed by atoms with Gasteiger partial charge in [0.25, 0.3) is 0 Å². The van der Waals surface area contributed by atoms with Gasteiger partial charge in [-0.1, -0.05) is 0 Å². The van der Waals surface area contributed by atoms with Gasteiger partial charge in [0.2, 0.25) is 0 Å². The lowest BCUT2D eigenvalue weighted by molar-refractivity contribution is 0.126. The Balaban J connectivity index is 4.03. The van der Waals surface area contributed by atoms with Crippen molar-refractivity contribution >= 4 is 0 Å². The minimum absolute atomic E-state index is 0.133. The minimum atomic E-state index is 0.133. The summed E-state index contributed by atoms with van der Waals surface area (Å²) in [6.07, 6.45) is 0. The van der Waals surface area contributed by atoms with Crippen LogP contribution in [0.3, 0.4) is 0 Å². The van der Waals surface area contributed by atoms with Crippen molar-refractivity contribution in [3.05, 3.63) is 0 Å². The van der Waals surface area contributed by atoms with Gasteiger partial charge in [-0.05, 0) is 34.7 Å². The Morgan fingerprint density at radius 2 is 1.80 bits per heavy atom. The highest BCUT2D eigenvalue weighted by molar-refractivity contribution is 4.81. The van der Waals surface area contributed by atoms with E-state index in [2.05, 4.69) is 39.6 Å². The van der Waals surface area contributed by atoms with Crippen molar-refractivity contribution in [2.24, 2.45) is 5.73 Å². The van der Waals surface area contributed by atoms with Crippen molar-refractivity contribution in [1.82, 2.24) is 4.90 Å². The van der Waals surface area contributed by atoms with Crippen molar-refractivity contribution in [3.63, 3.8) is 0 Å². The molecule has 0 spiro atoms. The second kappa shape index (κ2) is 3.35. The summed E-state index contributed by atoms with van der Waals surface area (Å²) in [6, 6.07) is 0.568. The molecule has 0 fully saturated rings. The van der Waals surface area contributed by atoms with Crippen LogP contribution in [-0.2, 0) is 0 Å². The van der Waals surface area contributed by atoms with Crippen molar-refractivity contribution in [2.45, 2.75) is 39.3 Å². The molecule has 2 heteroatoms. The van der Waals surface area contributed by atoms with Crippen molar-refractivity contribution in [1.29, 1.82) is 0 Å². The molecule has 0 aromatic rings. The van der Waals surface area contributed by atoms with Gasteiger partial charge in [0, 0.05) is 18.1 Å². The standard InChI is InChI=1S/C8H20N2/c1-7(2)10(5)8(3,4)6-9/h7H,6,9H2,1-5H3. The molecule has 0 atom stereocenters. The molecule has 0 heterocycles. The number of hydrogen-bond donors (Lipinski definition) is 1. The summed E-state index contributed by atoms with van der Waals surface area (Å²) in [7, 11) is 2.11. The highest BCUT2D eigenvalue weighted by atomic mass is 15.2. The molecule has 0 aliphatic heterocycles. The second-order valence-electron chi connectivity index (χ2n) is 3.72. The van der Waals surface area contributed by atoms with Gasteiger partial charge in [0.15, 0.2) is 0 Å². The van der Waals surface area contributed by atoms with Gasteiger partial charge < -0.3 is 5.73 Å². The molecule has 2 nitrogen and oxygen atoms in total. The van der Waals surface area contributed by atoms with Crippen LogP contribution in [-0.4, -0.2) is 30.1 Å². The number of hydrogen-bond acceptors (Lipinski definition) is 2. The first-order chi connectivity index (χ1) is 4.41. The first-order valence-corrected chi connectivity index (χ1v) is 3.85. The van der Waals surface area contributed by atoms with E-state index in [9.17, 15) is 0 Å². The molecule has 0 radical (unpaired) electrons. The summed E-state index contributed by atoms with van der Waals surface area (Å²) in [6.45, 7) is 9.39. The van der Waals surface area contributed by atoms with Gasteiger partial charge in [0.05, 0.1) is 0 Å². The average molecular weight is 144 g/mol. The fraction of sp³-hybridized carbons (Fsp3) is 1.00. The van der Waals surface area contributed by atoms with E-state index in [4.69, 9.17) is 5.73 Å². The number of nitrogens with two attached hydrogens (primary N) is 1. The lowest BCUT2D eigenvalue weighted by atomic mass is 10.0. The molecular formula is C8H20N2. The van der Waals surface area contributed by atoms with Gasteiger partial charge in [0.1, 0.15) is 0 Å². The third-order valence-electron chi connectivity index (χ3n) is 2.23. The summed E-state index contributed by atoms with van der Waals surface area (Å²) in [5.74, 6) is 0. The Hall–Kier alpha value is -0.0800. The molecular weight excluding hydrogens is 124 g/mol. The molecule has 0 unspecified atom stereocenters. The lowest BCUT2D eigenvalue weighted by Gasteiger charge is -2.37. The van der Waals surface area contributed by atoms with E-state index in [1.807, 2.05) is 0 Å². The predicted octanol–water partition coefficient (Wildman–Crippen LogP) is 1.06. The van der Waals surface area contributed by atoms with Gasteiger partial charge >= 0.3 is 0 Å². The van der Waals surface area contributed by atoms with Crippen LogP contribution < -0.4 is 5.73 Å². The number of likely N-dealkylation sites (N-methyl/N-ethyl adjacent to an activating group) is 1. The largest absolute Gasteiger partial charge is 0.329 e. The van der Waals surface area contributed by atoms with Gasteiger partial charge in [-0.3, -0.25) is 4.90 Å². The molecule has 62 valence electrons. The second-order valence-corrected chi connectivity index (χ2v) is 3.72. The Morgan fingerprint density at radius 3 is 1.90 bits per heavy atom. The summed E-state index contributed by atoms with van der Waals surface area (Å²) in [5, 5.41) is 0. The topological polar surface area (TPSA) is 29.3 Å². The fourth-order valence-electron chi connectivity index (χ4n) is 0.843. The van der Waals surface area contributed by atoms with Gasteiger partial charge in [-0.15, -0.1) is 0 Å². The molecule has 0 bridgehead atoms. The van der Waals surface area contributed by atoms with Gasteiger partial charge in [-0.2, -0.15) is 0 Å². The van der Waals surface area contributed by atoms with Crippen LogP contribution in [0.5, 0.6) is 0 Å². The molecule has 2 N–H and O–H groups in total. The fourth-order valence-corrected chi connectivity index (χ4v) is 0.843. The lowest BCUT2D eigenvalue weighted by Crippen LogP contribution is -2.50. The molecule has 0 aliphatic rings. The maximum Gasteiger partial charge on any atom is 0.0275 e. The van der Waals surface area contributed by atoms with Crippen LogP contribution in [0.2, 0.25) is 0 Å². The minimum Gasteiger partial charge on any atom is -0.329 e. The van der Waals surface area contributed by atoms with Crippen molar-refractivity contribution < 1.29 is 0 Å². The van der Waals surface area contributed by atoms with E-state index in [1.54, 1.807) is 0 Å². The van der Waals surface area contributed by atoms with Crippen LogP contribution in [0, 0.1) is 0 Å². The summed E-state index contributed by atoms with van der Waals surface area (Å²) >= 11 is 0. The van der Waals surface area contributed by atoms with Crippen LogP contribution in [0.15, 0.2) is 0 Å². The quantitative estimate of drug-likeness (QED) is 0.642. The molecule has 0 aromatic heterocycles.